The van der Waals surface area contributed by atoms with Crippen LogP contribution in [-0.2, 0) is 4.79 Å². The summed E-state index contributed by atoms with van der Waals surface area (Å²) in [5.74, 6) is -1.03. The fourth-order valence-corrected chi connectivity index (χ4v) is 2.98. The molecule has 0 unspecified atom stereocenters. The lowest BCUT2D eigenvalue weighted by Crippen LogP contribution is -2.25. The summed E-state index contributed by atoms with van der Waals surface area (Å²) >= 11 is 11.9. The van der Waals surface area contributed by atoms with Gasteiger partial charge in [-0.2, -0.15) is 5.10 Å². The summed E-state index contributed by atoms with van der Waals surface area (Å²) in [6, 6.07) is 19.5. The zero-order valence-electron chi connectivity index (χ0n) is 15.5. The topological polar surface area (TPSA) is 88.0 Å². The smallest absolute Gasteiger partial charge is 0.345 e. The fourth-order valence-electron chi connectivity index (χ4n) is 2.49. The predicted molar refractivity (Wildman–Crippen MR) is 115 cm³/mol. The second-order valence-corrected chi connectivity index (χ2v) is 6.98. The monoisotopic (exact) mass is 442 g/mol. The molecule has 8 heteroatoms. The molecule has 0 aliphatic rings. The molecule has 3 aromatic rings. The summed E-state index contributed by atoms with van der Waals surface area (Å²) in [6.07, 6.45) is 0.0298. The van der Waals surface area contributed by atoms with Crippen LogP contribution in [0.15, 0.2) is 77.9 Å². The Hall–Kier alpha value is -3.19. The zero-order chi connectivity index (χ0) is 21.5. The molecule has 0 aliphatic heterocycles. The van der Waals surface area contributed by atoms with E-state index in [0.29, 0.717) is 16.1 Å². The number of nitrogens with zero attached hydrogens (tertiary/aromatic N) is 1. The number of amides is 1. The number of esters is 1. The number of aliphatic hydroxyl groups is 1. The molecule has 0 aromatic heterocycles. The van der Waals surface area contributed by atoms with Crippen LogP contribution in [0.5, 0.6) is 5.75 Å². The average molecular weight is 443 g/mol. The van der Waals surface area contributed by atoms with Crippen molar-refractivity contribution < 1.29 is 19.4 Å². The summed E-state index contributed by atoms with van der Waals surface area (Å²) in [5.41, 5.74) is 3.48. The number of benzene rings is 3. The lowest BCUT2D eigenvalue weighted by molar-refractivity contribution is -0.129. The Morgan fingerprint density at radius 2 is 1.77 bits per heavy atom. The molecule has 152 valence electrons. The van der Waals surface area contributed by atoms with Crippen LogP contribution in [0.4, 0.5) is 0 Å². The molecular formula is C22H16Cl2N2O4. The number of nitrogens with one attached hydrogen (secondary N) is 1. The van der Waals surface area contributed by atoms with Crippen LogP contribution in [0.2, 0.25) is 10.0 Å². The molecule has 1 atom stereocenters. The Labute approximate surface area is 182 Å². The van der Waals surface area contributed by atoms with Crippen LogP contribution in [0.1, 0.15) is 27.6 Å². The van der Waals surface area contributed by atoms with Crippen molar-refractivity contribution in [1.29, 1.82) is 0 Å². The van der Waals surface area contributed by atoms with Gasteiger partial charge in [0.05, 0.1) is 16.8 Å². The summed E-state index contributed by atoms with van der Waals surface area (Å²) in [7, 11) is 0. The van der Waals surface area contributed by atoms with Crippen LogP contribution in [0.3, 0.4) is 0 Å². The van der Waals surface area contributed by atoms with Crippen molar-refractivity contribution in [3.8, 4) is 5.75 Å². The van der Waals surface area contributed by atoms with Gasteiger partial charge in [-0.05, 0) is 41.5 Å². The molecule has 2 N–H and O–H groups in total. The average Bonchev–Trinajstić information content (AvgIpc) is 2.74. The minimum atomic E-state index is -1.33. The van der Waals surface area contributed by atoms with Gasteiger partial charge in [0.15, 0.2) is 6.10 Å². The van der Waals surface area contributed by atoms with Gasteiger partial charge in [-0.25, -0.2) is 10.2 Å². The van der Waals surface area contributed by atoms with Crippen molar-refractivity contribution in [2.75, 3.05) is 0 Å². The van der Waals surface area contributed by atoms with Gasteiger partial charge in [-0.15, -0.1) is 0 Å². The van der Waals surface area contributed by atoms with Crippen molar-refractivity contribution in [3.63, 3.8) is 0 Å². The third kappa shape index (κ3) is 5.67. The van der Waals surface area contributed by atoms with E-state index in [1.54, 1.807) is 60.7 Å². The van der Waals surface area contributed by atoms with E-state index in [1.165, 1.54) is 18.3 Å². The van der Waals surface area contributed by atoms with E-state index in [2.05, 4.69) is 10.5 Å². The molecule has 0 saturated heterocycles. The van der Waals surface area contributed by atoms with Crippen molar-refractivity contribution in [2.45, 2.75) is 6.10 Å². The number of carbonyl (C=O) groups excluding carboxylic acids is 2. The molecule has 0 bridgehead atoms. The Bertz CT molecular complexity index is 1090. The van der Waals surface area contributed by atoms with Gasteiger partial charge in [-0.3, -0.25) is 4.79 Å². The normalized spacial score (nSPS) is 11.8. The van der Waals surface area contributed by atoms with E-state index in [4.69, 9.17) is 27.9 Å². The second kappa shape index (κ2) is 10.0. The van der Waals surface area contributed by atoms with E-state index in [-0.39, 0.29) is 16.3 Å². The van der Waals surface area contributed by atoms with Gasteiger partial charge < -0.3 is 9.84 Å². The molecule has 3 aromatic carbocycles. The van der Waals surface area contributed by atoms with E-state index >= 15 is 0 Å². The maximum atomic E-state index is 12.3. The first-order valence-electron chi connectivity index (χ1n) is 8.77. The third-order valence-corrected chi connectivity index (χ3v) is 4.52. The first-order valence-corrected chi connectivity index (χ1v) is 9.53. The molecule has 30 heavy (non-hydrogen) atoms. The highest BCUT2D eigenvalue weighted by Crippen LogP contribution is 2.23. The SMILES string of the molecule is O=C(Oc1cccc(/C=N\NC(=O)[C@@H](O)c2ccccc2)c1)c1ccc(Cl)cc1Cl. The minimum absolute atomic E-state index is 0.183. The van der Waals surface area contributed by atoms with Crippen molar-refractivity contribution in [2.24, 2.45) is 5.10 Å². The van der Waals surface area contributed by atoms with Gasteiger partial charge in [0, 0.05) is 5.02 Å². The first-order chi connectivity index (χ1) is 14.4. The van der Waals surface area contributed by atoms with E-state index < -0.39 is 18.0 Å². The van der Waals surface area contributed by atoms with E-state index in [9.17, 15) is 14.7 Å². The number of hydrazone groups is 1. The lowest BCUT2D eigenvalue weighted by Gasteiger charge is -2.08. The molecule has 3 rings (SSSR count). The predicted octanol–water partition coefficient (Wildman–Crippen LogP) is 4.40. The zero-order valence-corrected chi connectivity index (χ0v) is 17.0. The Balaban J connectivity index is 1.62. The molecule has 0 spiro atoms. The molecule has 0 radical (unpaired) electrons. The highest BCUT2D eigenvalue weighted by Gasteiger charge is 2.16. The van der Waals surface area contributed by atoms with E-state index in [1.807, 2.05) is 0 Å². The maximum Gasteiger partial charge on any atom is 0.345 e. The molecule has 0 saturated carbocycles. The van der Waals surface area contributed by atoms with Gasteiger partial charge >= 0.3 is 5.97 Å². The van der Waals surface area contributed by atoms with Crippen LogP contribution in [-0.4, -0.2) is 23.2 Å². The first kappa shape index (κ1) is 21.5. The molecule has 0 heterocycles. The Kier molecular flexibility index (Phi) is 7.19. The van der Waals surface area contributed by atoms with Gasteiger partial charge in [0.25, 0.3) is 5.91 Å². The highest BCUT2D eigenvalue weighted by molar-refractivity contribution is 6.36. The molecular weight excluding hydrogens is 427 g/mol. The number of rotatable bonds is 6. The second-order valence-electron chi connectivity index (χ2n) is 6.13. The lowest BCUT2D eigenvalue weighted by atomic mass is 10.1. The molecule has 0 aliphatic carbocycles. The molecule has 0 fully saturated rings. The minimum Gasteiger partial charge on any atom is -0.423 e. The van der Waals surface area contributed by atoms with Crippen LogP contribution < -0.4 is 10.2 Å². The summed E-state index contributed by atoms with van der Waals surface area (Å²) in [6.45, 7) is 0. The standard InChI is InChI=1S/C22H16Cl2N2O4/c23-16-9-10-18(19(24)12-16)22(29)30-17-8-4-5-14(11-17)13-25-26-21(28)20(27)15-6-2-1-3-7-15/h1-13,20,27H,(H,26,28)/b25-13-/t20-/m0/s1. The van der Waals surface area contributed by atoms with Crippen molar-refractivity contribution >= 4 is 41.3 Å². The summed E-state index contributed by atoms with van der Waals surface area (Å²) in [5, 5.41) is 14.4. The quantitative estimate of drug-likeness (QED) is 0.256. The maximum absolute atomic E-state index is 12.3. The number of carbonyl (C=O) groups is 2. The number of halogens is 2. The Morgan fingerprint density at radius 3 is 2.50 bits per heavy atom. The van der Waals surface area contributed by atoms with Crippen molar-refractivity contribution in [3.05, 3.63) is 99.5 Å². The van der Waals surface area contributed by atoms with Gasteiger partial charge in [-0.1, -0.05) is 65.7 Å². The highest BCUT2D eigenvalue weighted by atomic mass is 35.5. The van der Waals surface area contributed by atoms with E-state index in [0.717, 1.165) is 0 Å². The molecule has 6 nitrogen and oxygen atoms in total. The van der Waals surface area contributed by atoms with Gasteiger partial charge in [0.1, 0.15) is 5.75 Å². The largest absolute Gasteiger partial charge is 0.423 e. The number of hydrogen-bond acceptors (Lipinski definition) is 5. The summed E-state index contributed by atoms with van der Waals surface area (Å²) < 4.78 is 5.33. The van der Waals surface area contributed by atoms with Gasteiger partial charge in [0.2, 0.25) is 0 Å². The number of ether oxygens (including phenoxy) is 1. The summed E-state index contributed by atoms with van der Waals surface area (Å²) in [4.78, 5) is 24.3. The van der Waals surface area contributed by atoms with Crippen LogP contribution >= 0.6 is 23.2 Å². The van der Waals surface area contributed by atoms with Crippen molar-refractivity contribution in [1.82, 2.24) is 5.43 Å². The molecule has 1 amide bonds. The number of aliphatic hydroxyl groups excluding tert-OH is 1. The van der Waals surface area contributed by atoms with Crippen LogP contribution in [0, 0.1) is 0 Å². The Morgan fingerprint density at radius 1 is 1.00 bits per heavy atom. The number of hydrogen-bond donors (Lipinski definition) is 2. The fraction of sp³-hybridized carbons (Fsp3) is 0.0455. The third-order valence-electron chi connectivity index (χ3n) is 3.97. The van der Waals surface area contributed by atoms with Crippen LogP contribution in [0.25, 0.3) is 0 Å².